The first-order chi connectivity index (χ1) is 18.3. The van der Waals surface area contributed by atoms with Crippen LogP contribution in [0.2, 0.25) is 0 Å². The number of nitrogens with zero attached hydrogens (tertiary/aromatic N) is 1. The minimum atomic E-state index is -0.646. The van der Waals surface area contributed by atoms with E-state index in [2.05, 4.69) is 26.1 Å². The highest BCUT2D eigenvalue weighted by atomic mass is 16.5. The van der Waals surface area contributed by atoms with Gasteiger partial charge in [0, 0.05) is 19.0 Å². The van der Waals surface area contributed by atoms with Crippen LogP contribution in [-0.2, 0) is 28.0 Å². The lowest BCUT2D eigenvalue weighted by atomic mass is 9.86. The SMILES string of the molecule is CC(C)(C)c1ccccc1OCC(=O)N(Cc1ccccc1)[C@H](Cc1ccccc1)C(=O)NC1CCCC1. The maximum atomic E-state index is 13.9. The third-order valence-electron chi connectivity index (χ3n) is 7.21. The molecule has 4 rings (SSSR count). The first-order valence-electron chi connectivity index (χ1n) is 13.7. The maximum absolute atomic E-state index is 13.9. The van der Waals surface area contributed by atoms with Crippen LogP contribution in [0.25, 0.3) is 0 Å². The van der Waals surface area contributed by atoms with Crippen molar-refractivity contribution in [3.05, 3.63) is 102 Å². The monoisotopic (exact) mass is 512 g/mol. The molecule has 0 saturated heterocycles. The number of ether oxygens (including phenoxy) is 1. The van der Waals surface area contributed by atoms with Crippen LogP contribution in [-0.4, -0.2) is 35.4 Å². The van der Waals surface area contributed by atoms with Gasteiger partial charge in [0.15, 0.2) is 6.61 Å². The molecule has 0 aliphatic heterocycles. The van der Waals surface area contributed by atoms with E-state index in [4.69, 9.17) is 4.74 Å². The molecule has 0 spiro atoms. The Hall–Kier alpha value is -3.60. The number of rotatable bonds is 10. The minimum absolute atomic E-state index is 0.0971. The Balaban J connectivity index is 1.61. The average molecular weight is 513 g/mol. The molecule has 1 N–H and O–H groups in total. The van der Waals surface area contributed by atoms with Gasteiger partial charge in [-0.15, -0.1) is 0 Å². The maximum Gasteiger partial charge on any atom is 0.261 e. The summed E-state index contributed by atoms with van der Waals surface area (Å²) in [5.41, 5.74) is 2.91. The Labute approximate surface area is 227 Å². The first-order valence-corrected chi connectivity index (χ1v) is 13.7. The summed E-state index contributed by atoms with van der Waals surface area (Å²) >= 11 is 0. The van der Waals surface area contributed by atoms with E-state index >= 15 is 0 Å². The Morgan fingerprint density at radius 2 is 1.45 bits per heavy atom. The second-order valence-corrected chi connectivity index (χ2v) is 11.2. The number of amides is 2. The molecule has 1 saturated carbocycles. The molecule has 2 amide bonds. The Kier molecular flexibility index (Phi) is 9.22. The summed E-state index contributed by atoms with van der Waals surface area (Å²) in [6.07, 6.45) is 4.67. The van der Waals surface area contributed by atoms with Gasteiger partial charge in [-0.2, -0.15) is 0 Å². The predicted octanol–water partition coefficient (Wildman–Crippen LogP) is 6.06. The van der Waals surface area contributed by atoms with Gasteiger partial charge < -0.3 is 15.0 Å². The quantitative estimate of drug-likeness (QED) is 0.359. The zero-order valence-corrected chi connectivity index (χ0v) is 22.9. The molecule has 0 aromatic heterocycles. The van der Waals surface area contributed by atoms with E-state index in [1.807, 2.05) is 84.9 Å². The van der Waals surface area contributed by atoms with Crippen LogP contribution in [0.4, 0.5) is 0 Å². The first kappa shape index (κ1) is 27.4. The van der Waals surface area contributed by atoms with Crippen molar-refractivity contribution in [1.29, 1.82) is 0 Å². The second kappa shape index (κ2) is 12.8. The number of para-hydroxylation sites is 1. The van der Waals surface area contributed by atoms with Crippen molar-refractivity contribution < 1.29 is 14.3 Å². The van der Waals surface area contributed by atoms with Crippen molar-refractivity contribution in [1.82, 2.24) is 10.2 Å². The lowest BCUT2D eigenvalue weighted by Crippen LogP contribution is -2.53. The zero-order chi connectivity index (χ0) is 27.0. The Bertz CT molecular complexity index is 1180. The number of nitrogens with one attached hydrogen (secondary N) is 1. The number of carbonyl (C=O) groups is 2. The molecule has 3 aromatic rings. The van der Waals surface area contributed by atoms with Crippen LogP contribution in [0.5, 0.6) is 5.75 Å². The summed E-state index contributed by atoms with van der Waals surface area (Å²) in [4.78, 5) is 29.3. The zero-order valence-electron chi connectivity index (χ0n) is 22.9. The second-order valence-electron chi connectivity index (χ2n) is 11.2. The summed E-state index contributed by atoms with van der Waals surface area (Å²) in [5.74, 6) is 0.392. The lowest BCUT2D eigenvalue weighted by Gasteiger charge is -2.32. The molecule has 38 heavy (non-hydrogen) atoms. The Morgan fingerprint density at radius 3 is 2.08 bits per heavy atom. The van der Waals surface area contributed by atoms with E-state index in [1.54, 1.807) is 4.90 Å². The lowest BCUT2D eigenvalue weighted by molar-refractivity contribution is -0.143. The van der Waals surface area contributed by atoms with Crippen molar-refractivity contribution in [2.24, 2.45) is 0 Å². The van der Waals surface area contributed by atoms with Gasteiger partial charge in [-0.3, -0.25) is 9.59 Å². The van der Waals surface area contributed by atoms with Crippen molar-refractivity contribution >= 4 is 11.8 Å². The van der Waals surface area contributed by atoms with Crippen molar-refractivity contribution in [2.75, 3.05) is 6.61 Å². The molecular formula is C33H40N2O3. The summed E-state index contributed by atoms with van der Waals surface area (Å²) in [6.45, 7) is 6.58. The van der Waals surface area contributed by atoms with Gasteiger partial charge in [0.25, 0.3) is 5.91 Å². The molecule has 3 aromatic carbocycles. The highest BCUT2D eigenvalue weighted by Crippen LogP contribution is 2.31. The van der Waals surface area contributed by atoms with Gasteiger partial charge in [0.2, 0.25) is 5.91 Å². The van der Waals surface area contributed by atoms with E-state index < -0.39 is 6.04 Å². The van der Waals surface area contributed by atoms with Gasteiger partial charge in [-0.05, 0) is 41.0 Å². The smallest absolute Gasteiger partial charge is 0.261 e. The van der Waals surface area contributed by atoms with E-state index in [1.165, 1.54) is 0 Å². The molecule has 5 nitrogen and oxygen atoms in total. The topological polar surface area (TPSA) is 58.6 Å². The molecular weight excluding hydrogens is 472 g/mol. The largest absolute Gasteiger partial charge is 0.483 e. The molecule has 1 aliphatic rings. The van der Waals surface area contributed by atoms with Crippen LogP contribution in [0, 0.1) is 0 Å². The van der Waals surface area contributed by atoms with Gasteiger partial charge in [0.05, 0.1) is 0 Å². The molecule has 0 unspecified atom stereocenters. The summed E-state index contributed by atoms with van der Waals surface area (Å²) < 4.78 is 6.13. The molecule has 0 bridgehead atoms. The fourth-order valence-electron chi connectivity index (χ4n) is 5.14. The molecule has 0 radical (unpaired) electrons. The number of benzene rings is 3. The van der Waals surface area contributed by atoms with Crippen LogP contribution in [0.1, 0.15) is 63.1 Å². The van der Waals surface area contributed by atoms with Crippen molar-refractivity contribution in [3.8, 4) is 5.75 Å². The molecule has 0 heterocycles. The molecule has 5 heteroatoms. The minimum Gasteiger partial charge on any atom is -0.483 e. The van der Waals surface area contributed by atoms with E-state index in [9.17, 15) is 9.59 Å². The standard InChI is InChI=1S/C33H40N2O3/c1-33(2,3)28-20-12-13-21-30(28)38-24-31(36)35(23-26-16-8-5-9-17-26)29(22-25-14-6-4-7-15-25)32(37)34-27-18-10-11-19-27/h4-9,12-17,20-21,27,29H,10-11,18-19,22-24H2,1-3H3,(H,34,37)/t29-/m1/s1. The van der Waals surface area contributed by atoms with Gasteiger partial charge in [-0.1, -0.05) is 112 Å². The van der Waals surface area contributed by atoms with E-state index in [0.29, 0.717) is 18.7 Å². The average Bonchev–Trinajstić information content (AvgIpc) is 3.43. The normalized spacial score (nSPS) is 14.6. The molecule has 1 aliphatic carbocycles. The number of hydrogen-bond donors (Lipinski definition) is 1. The molecule has 1 atom stereocenters. The third-order valence-corrected chi connectivity index (χ3v) is 7.21. The van der Waals surface area contributed by atoms with Gasteiger partial charge in [-0.25, -0.2) is 0 Å². The third kappa shape index (κ3) is 7.47. The predicted molar refractivity (Wildman–Crippen MR) is 152 cm³/mol. The van der Waals surface area contributed by atoms with Crippen molar-refractivity contribution in [2.45, 2.75) is 76.9 Å². The molecule has 1 fully saturated rings. The van der Waals surface area contributed by atoms with Gasteiger partial charge in [0.1, 0.15) is 11.8 Å². The van der Waals surface area contributed by atoms with Crippen LogP contribution < -0.4 is 10.1 Å². The van der Waals surface area contributed by atoms with Crippen molar-refractivity contribution in [3.63, 3.8) is 0 Å². The van der Waals surface area contributed by atoms with Crippen LogP contribution in [0.3, 0.4) is 0 Å². The van der Waals surface area contributed by atoms with Crippen LogP contribution in [0.15, 0.2) is 84.9 Å². The molecule has 200 valence electrons. The number of hydrogen-bond acceptors (Lipinski definition) is 3. The highest BCUT2D eigenvalue weighted by Gasteiger charge is 2.32. The summed E-state index contributed by atoms with van der Waals surface area (Å²) in [7, 11) is 0. The van der Waals surface area contributed by atoms with E-state index in [0.717, 1.165) is 42.4 Å². The van der Waals surface area contributed by atoms with Gasteiger partial charge >= 0.3 is 0 Å². The summed E-state index contributed by atoms with van der Waals surface area (Å²) in [6, 6.07) is 27.1. The fourth-order valence-corrected chi connectivity index (χ4v) is 5.14. The van der Waals surface area contributed by atoms with E-state index in [-0.39, 0.29) is 29.9 Å². The Morgan fingerprint density at radius 1 is 0.868 bits per heavy atom. The highest BCUT2D eigenvalue weighted by molar-refractivity contribution is 5.88. The summed E-state index contributed by atoms with van der Waals surface area (Å²) in [5, 5.41) is 3.25. The fraction of sp³-hybridized carbons (Fsp3) is 0.394. The van der Waals surface area contributed by atoms with Crippen LogP contribution >= 0.6 is 0 Å². The number of carbonyl (C=O) groups excluding carboxylic acids is 2.